The topological polar surface area (TPSA) is 145 Å². The van der Waals surface area contributed by atoms with E-state index in [9.17, 15) is 13.2 Å². The molecule has 0 radical (unpaired) electrons. The fraction of sp³-hybridized carbons (Fsp3) is 0.577. The largest absolute Gasteiger partial charge is 0.395 e. The highest BCUT2D eigenvalue weighted by Crippen LogP contribution is 2.30. The summed E-state index contributed by atoms with van der Waals surface area (Å²) in [5.41, 5.74) is 6.78. The number of likely N-dealkylation sites (tertiary alicyclic amines) is 1. The molecule has 2 aliphatic rings. The van der Waals surface area contributed by atoms with Crippen molar-refractivity contribution in [2.24, 2.45) is 0 Å². The minimum atomic E-state index is -3.37. The van der Waals surface area contributed by atoms with Crippen LogP contribution in [0.15, 0.2) is 23.1 Å². The summed E-state index contributed by atoms with van der Waals surface area (Å²) in [6.07, 6.45) is 4.14. The standard InChI is InChI=1S/C26H37Cl2N7O4S/c1-3-19-16-34(25-23(28)31-22(24(29)32-25)26(37)30-8-13-36)11-12-35(19)20-6-9-33(10-7-20)15-17-4-5-18(27)14-21(17)40(2,38)39/h4-5,14,19-20,36H,3,6-13,15-16H2,1-2H3,(H2,29,32)(H,30,37)/t19-/m0/s1. The first-order valence-corrected chi connectivity index (χ1v) is 16.1. The number of rotatable bonds is 9. The van der Waals surface area contributed by atoms with E-state index in [1.807, 2.05) is 6.07 Å². The average molecular weight is 615 g/mol. The van der Waals surface area contributed by atoms with E-state index in [-0.39, 0.29) is 35.9 Å². The maximum absolute atomic E-state index is 12.3. The third kappa shape index (κ3) is 7.15. The van der Waals surface area contributed by atoms with E-state index in [2.05, 4.69) is 36.9 Å². The van der Waals surface area contributed by atoms with Crippen molar-refractivity contribution < 1.29 is 18.3 Å². The van der Waals surface area contributed by atoms with Gasteiger partial charge in [0.1, 0.15) is 0 Å². The van der Waals surface area contributed by atoms with Gasteiger partial charge in [-0.25, -0.2) is 18.4 Å². The second kappa shape index (κ2) is 13.2. The Balaban J connectivity index is 1.38. The number of benzene rings is 1. The number of nitrogens with one attached hydrogen (secondary N) is 1. The first kappa shape index (κ1) is 30.7. The van der Waals surface area contributed by atoms with Crippen LogP contribution >= 0.6 is 23.2 Å². The van der Waals surface area contributed by atoms with Gasteiger partial charge in [-0.3, -0.25) is 14.6 Å². The SMILES string of the molecule is CC[C@H]1CN(c2nc(N)c(C(=O)NCCO)nc2Cl)CCN1C1CCN(Cc2ccc(Cl)cc2S(C)(=O)=O)CC1. The van der Waals surface area contributed by atoms with E-state index >= 15 is 0 Å². The summed E-state index contributed by atoms with van der Waals surface area (Å²) >= 11 is 12.5. The minimum Gasteiger partial charge on any atom is -0.395 e. The second-order valence-corrected chi connectivity index (χ2v) is 13.1. The van der Waals surface area contributed by atoms with Gasteiger partial charge in [-0.15, -0.1) is 0 Å². The fourth-order valence-corrected chi connectivity index (χ4v) is 7.03. The van der Waals surface area contributed by atoms with Crippen molar-refractivity contribution in [3.05, 3.63) is 39.6 Å². The van der Waals surface area contributed by atoms with Crippen molar-refractivity contribution in [3.8, 4) is 0 Å². The van der Waals surface area contributed by atoms with Crippen LogP contribution in [0.4, 0.5) is 11.6 Å². The van der Waals surface area contributed by atoms with Crippen LogP contribution in [0.5, 0.6) is 0 Å². The summed E-state index contributed by atoms with van der Waals surface area (Å²) in [6.45, 7) is 6.62. The molecule has 0 unspecified atom stereocenters. The van der Waals surface area contributed by atoms with Crippen LogP contribution in [0.1, 0.15) is 42.2 Å². The summed E-state index contributed by atoms with van der Waals surface area (Å²) in [5, 5.41) is 12.0. The van der Waals surface area contributed by atoms with Gasteiger partial charge in [0, 0.05) is 56.1 Å². The zero-order valence-electron chi connectivity index (χ0n) is 22.8. The van der Waals surface area contributed by atoms with Crippen molar-refractivity contribution in [1.29, 1.82) is 0 Å². The van der Waals surface area contributed by atoms with E-state index in [0.29, 0.717) is 41.4 Å². The first-order valence-electron chi connectivity index (χ1n) is 13.4. The molecule has 0 aliphatic carbocycles. The third-order valence-corrected chi connectivity index (χ3v) is 9.29. The van der Waals surface area contributed by atoms with Crippen LogP contribution in [0.25, 0.3) is 0 Å². The molecule has 220 valence electrons. The lowest BCUT2D eigenvalue weighted by atomic mass is 9.98. The van der Waals surface area contributed by atoms with Crippen molar-refractivity contribution in [2.75, 3.05) is 62.8 Å². The molecular weight excluding hydrogens is 577 g/mol. The lowest BCUT2D eigenvalue weighted by Crippen LogP contribution is -2.58. The highest BCUT2D eigenvalue weighted by molar-refractivity contribution is 7.90. The van der Waals surface area contributed by atoms with E-state index in [1.54, 1.807) is 6.07 Å². The number of piperazine rings is 1. The molecule has 0 spiro atoms. The number of aliphatic hydroxyl groups excluding tert-OH is 1. The second-order valence-electron chi connectivity index (χ2n) is 10.3. The smallest absolute Gasteiger partial charge is 0.273 e. The molecule has 2 aliphatic heterocycles. The molecular formula is C26H37Cl2N7O4S. The maximum atomic E-state index is 12.3. The molecule has 4 rings (SSSR count). The van der Waals surface area contributed by atoms with Crippen molar-refractivity contribution in [2.45, 2.75) is 49.7 Å². The Labute approximate surface area is 245 Å². The van der Waals surface area contributed by atoms with Crippen LogP contribution in [0.2, 0.25) is 10.2 Å². The highest BCUT2D eigenvalue weighted by atomic mass is 35.5. The van der Waals surface area contributed by atoms with Gasteiger partial charge in [0.15, 0.2) is 32.3 Å². The summed E-state index contributed by atoms with van der Waals surface area (Å²) in [7, 11) is -3.37. The van der Waals surface area contributed by atoms with Crippen LogP contribution in [0.3, 0.4) is 0 Å². The molecule has 1 aromatic heterocycles. The molecule has 40 heavy (non-hydrogen) atoms. The molecule has 3 heterocycles. The van der Waals surface area contributed by atoms with Crippen LogP contribution in [0, 0.1) is 0 Å². The third-order valence-electron chi connectivity index (χ3n) is 7.62. The Morgan fingerprint density at radius 1 is 1.18 bits per heavy atom. The first-order chi connectivity index (χ1) is 19.0. The van der Waals surface area contributed by atoms with Gasteiger partial charge in [0.05, 0.1) is 11.5 Å². The Kier molecular flexibility index (Phi) is 10.1. The molecule has 0 saturated carbocycles. The van der Waals surface area contributed by atoms with Crippen molar-refractivity contribution >= 4 is 50.6 Å². The number of anilines is 2. The molecule has 1 aromatic carbocycles. The van der Waals surface area contributed by atoms with E-state index in [4.69, 9.17) is 34.0 Å². The Morgan fingerprint density at radius 3 is 2.55 bits per heavy atom. The molecule has 4 N–H and O–H groups in total. The molecule has 14 heteroatoms. The molecule has 1 amide bonds. The molecule has 2 saturated heterocycles. The van der Waals surface area contributed by atoms with Gasteiger partial charge < -0.3 is 21.1 Å². The zero-order chi connectivity index (χ0) is 29.0. The van der Waals surface area contributed by atoms with Crippen LogP contribution in [-0.2, 0) is 16.4 Å². The predicted molar refractivity (Wildman–Crippen MR) is 157 cm³/mol. The fourth-order valence-electron chi connectivity index (χ4n) is 5.60. The van der Waals surface area contributed by atoms with E-state index < -0.39 is 15.7 Å². The van der Waals surface area contributed by atoms with E-state index in [0.717, 1.165) is 44.5 Å². The van der Waals surface area contributed by atoms with Crippen molar-refractivity contribution in [1.82, 2.24) is 25.1 Å². The molecule has 2 fully saturated rings. The monoisotopic (exact) mass is 613 g/mol. The number of aromatic nitrogens is 2. The van der Waals surface area contributed by atoms with Gasteiger partial charge >= 0.3 is 0 Å². The summed E-state index contributed by atoms with van der Waals surface area (Å²) in [5.74, 6) is -0.0634. The van der Waals surface area contributed by atoms with E-state index in [1.165, 1.54) is 12.3 Å². The van der Waals surface area contributed by atoms with Gasteiger partial charge in [-0.05, 0) is 50.0 Å². The quantitative estimate of drug-likeness (QED) is 0.384. The summed E-state index contributed by atoms with van der Waals surface area (Å²) in [4.78, 5) is 28.1. The normalized spacial score (nSPS) is 19.6. The lowest BCUT2D eigenvalue weighted by molar-refractivity contribution is 0.0608. The molecule has 1 atom stereocenters. The Hall–Kier alpha value is -2.22. The number of amides is 1. The number of carbonyl (C=O) groups excluding carboxylic acids is 1. The number of nitrogens with two attached hydrogens (primary N) is 1. The number of hydrogen-bond acceptors (Lipinski definition) is 10. The van der Waals surface area contributed by atoms with Crippen LogP contribution in [-0.4, -0.2) is 103 Å². The molecule has 2 aromatic rings. The summed E-state index contributed by atoms with van der Waals surface area (Å²) in [6, 6.07) is 5.80. The highest BCUT2D eigenvalue weighted by Gasteiger charge is 2.34. The number of piperidine rings is 1. The minimum absolute atomic E-state index is 0.00240. The number of nitrogen functional groups attached to an aromatic ring is 1. The Morgan fingerprint density at radius 2 is 1.90 bits per heavy atom. The van der Waals surface area contributed by atoms with Crippen molar-refractivity contribution in [3.63, 3.8) is 0 Å². The lowest BCUT2D eigenvalue weighted by Gasteiger charge is -2.47. The van der Waals surface area contributed by atoms with Crippen LogP contribution < -0.4 is 16.0 Å². The molecule has 11 nitrogen and oxygen atoms in total. The number of nitrogens with zero attached hydrogens (tertiary/aromatic N) is 5. The average Bonchev–Trinajstić information content (AvgIpc) is 2.93. The number of carbonyl (C=O) groups is 1. The maximum Gasteiger partial charge on any atom is 0.273 e. The summed E-state index contributed by atoms with van der Waals surface area (Å²) < 4.78 is 24.6. The predicted octanol–water partition coefficient (Wildman–Crippen LogP) is 2.06. The zero-order valence-corrected chi connectivity index (χ0v) is 25.1. The number of aliphatic hydroxyl groups is 1. The number of sulfone groups is 1. The van der Waals surface area contributed by atoms with Gasteiger partial charge in [0.25, 0.3) is 5.91 Å². The number of hydrogen-bond donors (Lipinski definition) is 3. The number of halogens is 2. The van der Waals surface area contributed by atoms with Gasteiger partial charge in [-0.2, -0.15) is 0 Å². The molecule has 0 bridgehead atoms. The Bertz CT molecular complexity index is 1320. The van der Waals surface area contributed by atoms with Gasteiger partial charge in [-0.1, -0.05) is 36.2 Å². The van der Waals surface area contributed by atoms with Gasteiger partial charge in [0.2, 0.25) is 0 Å².